The molecule has 0 fully saturated rings. The molecule has 0 saturated heterocycles. The third-order valence-electron chi connectivity index (χ3n) is 2.50. The molecule has 2 rings (SSSR count). The number of carboxylic acids is 1. The summed E-state index contributed by atoms with van der Waals surface area (Å²) in [6.07, 6.45) is 0. The van der Waals surface area contributed by atoms with Gasteiger partial charge in [0.15, 0.2) is 5.82 Å². The van der Waals surface area contributed by atoms with Crippen LogP contribution in [-0.4, -0.2) is 21.2 Å². The molecule has 0 saturated carbocycles. The first-order chi connectivity index (χ1) is 8.08. The average molecular weight is 232 g/mol. The van der Waals surface area contributed by atoms with Crippen molar-refractivity contribution < 1.29 is 14.4 Å². The van der Waals surface area contributed by atoms with E-state index in [2.05, 4.69) is 10.1 Å². The molecule has 0 spiro atoms. The first-order valence-corrected chi connectivity index (χ1v) is 5.21. The summed E-state index contributed by atoms with van der Waals surface area (Å²) in [5, 5.41) is 12.5. The topological polar surface area (TPSA) is 76.2 Å². The Bertz CT molecular complexity index is 531. The number of benzene rings is 1. The summed E-state index contributed by atoms with van der Waals surface area (Å²) in [5.74, 6) is -1.21. The van der Waals surface area contributed by atoms with Crippen LogP contribution in [-0.2, 0) is 4.79 Å². The van der Waals surface area contributed by atoms with Gasteiger partial charge in [-0.15, -0.1) is 0 Å². The quantitative estimate of drug-likeness (QED) is 0.878. The normalized spacial score (nSPS) is 12.4. The second-order valence-electron chi connectivity index (χ2n) is 3.88. The third kappa shape index (κ3) is 2.33. The summed E-state index contributed by atoms with van der Waals surface area (Å²) >= 11 is 0. The highest BCUT2D eigenvalue weighted by atomic mass is 16.5. The molecule has 17 heavy (non-hydrogen) atoms. The van der Waals surface area contributed by atoms with E-state index in [9.17, 15) is 4.79 Å². The molecule has 1 heterocycles. The van der Waals surface area contributed by atoms with E-state index in [1.165, 1.54) is 6.92 Å². The molecule has 1 atom stereocenters. The fraction of sp³-hybridized carbons (Fsp3) is 0.250. The lowest BCUT2D eigenvalue weighted by Crippen LogP contribution is -2.08. The summed E-state index contributed by atoms with van der Waals surface area (Å²) in [7, 11) is 0. The van der Waals surface area contributed by atoms with Crippen molar-refractivity contribution in [2.75, 3.05) is 0 Å². The van der Waals surface area contributed by atoms with Gasteiger partial charge < -0.3 is 9.63 Å². The molecule has 0 aliphatic heterocycles. The molecular weight excluding hydrogens is 220 g/mol. The highest BCUT2D eigenvalue weighted by molar-refractivity contribution is 5.74. The minimum atomic E-state index is -0.971. The van der Waals surface area contributed by atoms with Crippen LogP contribution in [0.25, 0.3) is 11.5 Å². The minimum Gasteiger partial charge on any atom is -0.481 e. The maximum absolute atomic E-state index is 10.8. The molecule has 1 N–H and O–H groups in total. The van der Waals surface area contributed by atoms with Crippen LogP contribution in [0.3, 0.4) is 0 Å². The smallest absolute Gasteiger partial charge is 0.314 e. The van der Waals surface area contributed by atoms with Gasteiger partial charge >= 0.3 is 5.97 Å². The Kier molecular flexibility index (Phi) is 2.91. The standard InChI is InChI=1S/C12H12N2O3/c1-7-3-5-9(6-4-7)11-13-10(14-17-11)8(2)12(15)16/h3-6,8H,1-2H3,(H,15,16). The molecule has 0 bridgehead atoms. The monoisotopic (exact) mass is 232 g/mol. The van der Waals surface area contributed by atoms with Crippen molar-refractivity contribution in [2.24, 2.45) is 0 Å². The second-order valence-corrected chi connectivity index (χ2v) is 3.88. The van der Waals surface area contributed by atoms with Crippen LogP contribution in [0.2, 0.25) is 0 Å². The fourth-order valence-corrected chi connectivity index (χ4v) is 1.33. The van der Waals surface area contributed by atoms with Crippen LogP contribution in [0.1, 0.15) is 24.2 Å². The van der Waals surface area contributed by atoms with Gasteiger partial charge in [0.05, 0.1) is 0 Å². The Balaban J connectivity index is 2.29. The Labute approximate surface area is 98.1 Å². The zero-order valence-corrected chi connectivity index (χ0v) is 9.54. The molecule has 0 aliphatic rings. The van der Waals surface area contributed by atoms with Crippen LogP contribution in [0.5, 0.6) is 0 Å². The minimum absolute atomic E-state index is 0.188. The second kappa shape index (κ2) is 4.37. The van der Waals surface area contributed by atoms with Crippen molar-refractivity contribution in [1.82, 2.24) is 10.1 Å². The molecule has 1 aromatic heterocycles. The molecule has 0 radical (unpaired) electrons. The van der Waals surface area contributed by atoms with Gasteiger partial charge in [-0.2, -0.15) is 4.98 Å². The van der Waals surface area contributed by atoms with Crippen LogP contribution in [0.15, 0.2) is 28.8 Å². The first kappa shape index (κ1) is 11.3. The van der Waals surface area contributed by atoms with Crippen molar-refractivity contribution in [2.45, 2.75) is 19.8 Å². The number of carbonyl (C=O) groups is 1. The Morgan fingerprint density at radius 3 is 2.59 bits per heavy atom. The van der Waals surface area contributed by atoms with Gasteiger partial charge in [0.1, 0.15) is 5.92 Å². The summed E-state index contributed by atoms with van der Waals surface area (Å²) < 4.78 is 5.04. The van der Waals surface area contributed by atoms with Crippen LogP contribution >= 0.6 is 0 Å². The van der Waals surface area contributed by atoms with Crippen molar-refractivity contribution in [3.05, 3.63) is 35.7 Å². The lowest BCUT2D eigenvalue weighted by molar-refractivity contribution is -0.138. The summed E-state index contributed by atoms with van der Waals surface area (Å²) in [6.45, 7) is 3.50. The predicted molar refractivity (Wildman–Crippen MR) is 60.5 cm³/mol. The number of aryl methyl sites for hydroxylation is 1. The number of rotatable bonds is 3. The van der Waals surface area contributed by atoms with E-state index in [4.69, 9.17) is 9.63 Å². The lowest BCUT2D eigenvalue weighted by Gasteiger charge is -1.97. The molecule has 5 nitrogen and oxygen atoms in total. The van der Waals surface area contributed by atoms with E-state index in [1.54, 1.807) is 0 Å². The number of nitrogens with zero attached hydrogens (tertiary/aromatic N) is 2. The van der Waals surface area contributed by atoms with Gasteiger partial charge in [-0.05, 0) is 26.0 Å². The van der Waals surface area contributed by atoms with E-state index in [1.807, 2.05) is 31.2 Å². The first-order valence-electron chi connectivity index (χ1n) is 5.21. The number of hydrogen-bond acceptors (Lipinski definition) is 4. The summed E-state index contributed by atoms with van der Waals surface area (Å²) in [6, 6.07) is 7.58. The zero-order valence-electron chi connectivity index (χ0n) is 9.54. The Morgan fingerprint density at radius 2 is 2.00 bits per heavy atom. The molecule has 1 aromatic carbocycles. The SMILES string of the molecule is Cc1ccc(-c2nc(C(C)C(=O)O)no2)cc1. The van der Waals surface area contributed by atoms with E-state index in [0.29, 0.717) is 5.89 Å². The lowest BCUT2D eigenvalue weighted by atomic mass is 10.1. The molecule has 2 aromatic rings. The van der Waals surface area contributed by atoms with E-state index < -0.39 is 11.9 Å². The summed E-state index contributed by atoms with van der Waals surface area (Å²) in [5.41, 5.74) is 1.92. The maximum atomic E-state index is 10.8. The van der Waals surface area contributed by atoms with E-state index in [0.717, 1.165) is 11.1 Å². The van der Waals surface area contributed by atoms with Gasteiger partial charge in [0.25, 0.3) is 5.89 Å². The van der Waals surface area contributed by atoms with Crippen molar-refractivity contribution >= 4 is 5.97 Å². The Hall–Kier alpha value is -2.17. The number of aliphatic carboxylic acids is 1. The number of hydrogen-bond donors (Lipinski definition) is 1. The van der Waals surface area contributed by atoms with Gasteiger partial charge in [-0.3, -0.25) is 4.79 Å². The Morgan fingerprint density at radius 1 is 1.35 bits per heavy atom. The maximum Gasteiger partial charge on any atom is 0.314 e. The largest absolute Gasteiger partial charge is 0.481 e. The van der Waals surface area contributed by atoms with Crippen LogP contribution < -0.4 is 0 Å². The predicted octanol–water partition coefficient (Wildman–Crippen LogP) is 2.23. The molecule has 1 unspecified atom stereocenters. The van der Waals surface area contributed by atoms with E-state index >= 15 is 0 Å². The molecule has 0 amide bonds. The molecule has 88 valence electrons. The third-order valence-corrected chi connectivity index (χ3v) is 2.50. The number of carboxylic acid groups (broad SMARTS) is 1. The highest BCUT2D eigenvalue weighted by Gasteiger charge is 2.20. The fourth-order valence-electron chi connectivity index (χ4n) is 1.33. The molecular formula is C12H12N2O3. The van der Waals surface area contributed by atoms with Gasteiger partial charge in [0.2, 0.25) is 0 Å². The molecule has 0 aliphatic carbocycles. The van der Waals surface area contributed by atoms with Crippen LogP contribution in [0, 0.1) is 6.92 Å². The highest BCUT2D eigenvalue weighted by Crippen LogP contribution is 2.20. The van der Waals surface area contributed by atoms with Crippen molar-refractivity contribution in [1.29, 1.82) is 0 Å². The van der Waals surface area contributed by atoms with Crippen molar-refractivity contribution in [3.8, 4) is 11.5 Å². The molecule has 5 heteroatoms. The average Bonchev–Trinajstić information content (AvgIpc) is 2.78. The van der Waals surface area contributed by atoms with E-state index in [-0.39, 0.29) is 5.82 Å². The summed E-state index contributed by atoms with van der Waals surface area (Å²) in [4.78, 5) is 14.8. The van der Waals surface area contributed by atoms with Crippen LogP contribution in [0.4, 0.5) is 0 Å². The van der Waals surface area contributed by atoms with Crippen molar-refractivity contribution in [3.63, 3.8) is 0 Å². The van der Waals surface area contributed by atoms with Gasteiger partial charge in [-0.1, -0.05) is 22.9 Å². The van der Waals surface area contributed by atoms with Gasteiger partial charge in [0, 0.05) is 5.56 Å². The number of aromatic nitrogens is 2. The van der Waals surface area contributed by atoms with Gasteiger partial charge in [-0.25, -0.2) is 0 Å². The zero-order chi connectivity index (χ0) is 12.4.